The first-order valence-corrected chi connectivity index (χ1v) is 7.97. The van der Waals surface area contributed by atoms with E-state index in [1.54, 1.807) is 24.4 Å². The summed E-state index contributed by atoms with van der Waals surface area (Å²) >= 11 is 0. The molecule has 0 radical (unpaired) electrons. The minimum absolute atomic E-state index is 0.168. The minimum atomic E-state index is -0.313. The normalized spacial score (nSPS) is 10.3. The van der Waals surface area contributed by atoms with Gasteiger partial charge < -0.3 is 10.6 Å². The lowest BCUT2D eigenvalue weighted by Crippen LogP contribution is -2.14. The number of halogens is 1. The van der Waals surface area contributed by atoms with Crippen molar-refractivity contribution in [1.82, 2.24) is 4.98 Å². The molecule has 0 fully saturated rings. The molecule has 0 spiro atoms. The molecule has 0 unspecified atom stereocenters. The van der Waals surface area contributed by atoms with Gasteiger partial charge in [-0.05, 0) is 35.4 Å². The second-order valence-electron chi connectivity index (χ2n) is 5.62. The molecule has 0 atom stereocenters. The van der Waals surface area contributed by atoms with Crippen molar-refractivity contribution in [2.75, 3.05) is 10.6 Å². The lowest BCUT2D eigenvalue weighted by Gasteiger charge is -2.08. The van der Waals surface area contributed by atoms with E-state index in [2.05, 4.69) is 15.6 Å². The first kappa shape index (κ1) is 16.6. The van der Waals surface area contributed by atoms with Gasteiger partial charge in [0, 0.05) is 6.54 Å². The van der Waals surface area contributed by atoms with Crippen LogP contribution in [0.2, 0.25) is 0 Å². The van der Waals surface area contributed by atoms with Gasteiger partial charge in [-0.2, -0.15) is 0 Å². The van der Waals surface area contributed by atoms with Crippen molar-refractivity contribution < 1.29 is 9.18 Å². The standard InChI is InChI=1S/C20H18FN3O/c21-17-8-6-15(7-9-17)12-20(25)24-18-10-11-19(23-14-18)22-13-16-4-2-1-3-5-16/h1-11,14H,12-13H2,(H,22,23)(H,24,25). The molecule has 0 aliphatic heterocycles. The van der Waals surface area contributed by atoms with Gasteiger partial charge in [0.05, 0.1) is 18.3 Å². The summed E-state index contributed by atoms with van der Waals surface area (Å²) in [6.07, 6.45) is 1.80. The molecule has 0 aliphatic carbocycles. The highest BCUT2D eigenvalue weighted by Crippen LogP contribution is 2.12. The van der Waals surface area contributed by atoms with Gasteiger partial charge in [0.25, 0.3) is 0 Å². The molecule has 0 saturated carbocycles. The molecule has 0 bridgehead atoms. The van der Waals surface area contributed by atoms with Gasteiger partial charge in [-0.25, -0.2) is 9.37 Å². The fourth-order valence-corrected chi connectivity index (χ4v) is 2.35. The molecule has 5 heteroatoms. The number of hydrogen-bond acceptors (Lipinski definition) is 3. The van der Waals surface area contributed by atoms with E-state index in [1.807, 2.05) is 36.4 Å². The lowest BCUT2D eigenvalue weighted by atomic mass is 10.1. The zero-order valence-electron chi connectivity index (χ0n) is 13.6. The van der Waals surface area contributed by atoms with Crippen LogP contribution in [0, 0.1) is 5.82 Å². The molecule has 0 aliphatic rings. The number of pyridine rings is 1. The second-order valence-corrected chi connectivity index (χ2v) is 5.62. The van der Waals surface area contributed by atoms with Crippen LogP contribution in [0.25, 0.3) is 0 Å². The summed E-state index contributed by atoms with van der Waals surface area (Å²) in [6, 6.07) is 19.5. The summed E-state index contributed by atoms with van der Waals surface area (Å²) in [6.45, 7) is 0.685. The number of carbonyl (C=O) groups excluding carboxylic acids is 1. The lowest BCUT2D eigenvalue weighted by molar-refractivity contribution is -0.115. The fraction of sp³-hybridized carbons (Fsp3) is 0.100. The topological polar surface area (TPSA) is 54.0 Å². The number of carbonyl (C=O) groups is 1. The first-order valence-electron chi connectivity index (χ1n) is 7.97. The Kier molecular flexibility index (Phi) is 5.36. The quantitative estimate of drug-likeness (QED) is 0.715. The van der Waals surface area contributed by atoms with Crippen LogP contribution < -0.4 is 10.6 Å². The van der Waals surface area contributed by atoms with Crippen molar-refractivity contribution in [3.8, 4) is 0 Å². The third-order valence-corrected chi connectivity index (χ3v) is 3.64. The molecular formula is C20H18FN3O. The SMILES string of the molecule is O=C(Cc1ccc(F)cc1)Nc1ccc(NCc2ccccc2)nc1. The number of anilines is 2. The maximum absolute atomic E-state index is 12.9. The smallest absolute Gasteiger partial charge is 0.228 e. The zero-order chi connectivity index (χ0) is 17.5. The van der Waals surface area contributed by atoms with Crippen LogP contribution in [0.15, 0.2) is 72.9 Å². The summed E-state index contributed by atoms with van der Waals surface area (Å²) in [4.78, 5) is 16.3. The van der Waals surface area contributed by atoms with E-state index in [9.17, 15) is 9.18 Å². The zero-order valence-corrected chi connectivity index (χ0v) is 13.6. The van der Waals surface area contributed by atoms with Crippen molar-refractivity contribution in [1.29, 1.82) is 0 Å². The number of benzene rings is 2. The van der Waals surface area contributed by atoms with E-state index in [0.29, 0.717) is 12.2 Å². The maximum atomic E-state index is 12.9. The largest absolute Gasteiger partial charge is 0.366 e. The van der Waals surface area contributed by atoms with E-state index in [0.717, 1.165) is 11.4 Å². The number of aromatic nitrogens is 1. The van der Waals surface area contributed by atoms with Gasteiger partial charge in [-0.1, -0.05) is 42.5 Å². The summed E-state index contributed by atoms with van der Waals surface area (Å²) < 4.78 is 12.9. The number of nitrogens with one attached hydrogen (secondary N) is 2. The summed E-state index contributed by atoms with van der Waals surface area (Å²) in [5.41, 5.74) is 2.55. The molecular weight excluding hydrogens is 317 g/mol. The minimum Gasteiger partial charge on any atom is -0.366 e. The highest BCUT2D eigenvalue weighted by atomic mass is 19.1. The van der Waals surface area contributed by atoms with Crippen molar-refractivity contribution >= 4 is 17.4 Å². The van der Waals surface area contributed by atoms with Gasteiger partial charge in [-0.3, -0.25) is 4.79 Å². The van der Waals surface area contributed by atoms with E-state index in [1.165, 1.54) is 17.7 Å². The molecule has 4 nitrogen and oxygen atoms in total. The Hall–Kier alpha value is -3.21. The van der Waals surface area contributed by atoms with Crippen LogP contribution in [-0.4, -0.2) is 10.9 Å². The Morgan fingerprint density at radius 1 is 0.920 bits per heavy atom. The first-order chi connectivity index (χ1) is 12.2. The van der Waals surface area contributed by atoms with Crippen LogP contribution in [-0.2, 0) is 17.8 Å². The van der Waals surface area contributed by atoms with Crippen molar-refractivity contribution in [2.24, 2.45) is 0 Å². The van der Waals surface area contributed by atoms with Gasteiger partial charge >= 0.3 is 0 Å². The van der Waals surface area contributed by atoms with Crippen LogP contribution in [0.1, 0.15) is 11.1 Å². The molecule has 1 aromatic heterocycles. The second kappa shape index (κ2) is 8.06. The third kappa shape index (κ3) is 5.14. The van der Waals surface area contributed by atoms with Crippen LogP contribution in [0.4, 0.5) is 15.9 Å². The molecule has 1 amide bonds. The van der Waals surface area contributed by atoms with Gasteiger partial charge in [0.2, 0.25) is 5.91 Å². The molecule has 1 heterocycles. The van der Waals surface area contributed by atoms with Crippen molar-refractivity contribution in [3.05, 3.63) is 89.9 Å². The number of amides is 1. The van der Waals surface area contributed by atoms with E-state index in [-0.39, 0.29) is 18.1 Å². The van der Waals surface area contributed by atoms with Gasteiger partial charge in [-0.15, -0.1) is 0 Å². The fourth-order valence-electron chi connectivity index (χ4n) is 2.35. The summed E-state index contributed by atoms with van der Waals surface area (Å²) in [5.74, 6) is 0.255. The molecule has 0 saturated heterocycles. The van der Waals surface area contributed by atoms with E-state index < -0.39 is 0 Å². The summed E-state index contributed by atoms with van der Waals surface area (Å²) in [7, 11) is 0. The van der Waals surface area contributed by atoms with Crippen molar-refractivity contribution in [3.63, 3.8) is 0 Å². The van der Waals surface area contributed by atoms with E-state index >= 15 is 0 Å². The molecule has 2 N–H and O–H groups in total. The van der Waals surface area contributed by atoms with Crippen molar-refractivity contribution in [2.45, 2.75) is 13.0 Å². The highest BCUT2D eigenvalue weighted by molar-refractivity contribution is 5.92. The Balaban J connectivity index is 1.51. The van der Waals surface area contributed by atoms with Crippen LogP contribution in [0.5, 0.6) is 0 Å². The van der Waals surface area contributed by atoms with Gasteiger partial charge in [0.15, 0.2) is 0 Å². The van der Waals surface area contributed by atoms with Gasteiger partial charge in [0.1, 0.15) is 11.6 Å². The van der Waals surface area contributed by atoms with Crippen LogP contribution >= 0.6 is 0 Å². The summed E-state index contributed by atoms with van der Waals surface area (Å²) in [5, 5.41) is 6.01. The van der Waals surface area contributed by atoms with Crippen LogP contribution in [0.3, 0.4) is 0 Å². The maximum Gasteiger partial charge on any atom is 0.228 e. The molecule has 126 valence electrons. The number of nitrogens with zero attached hydrogens (tertiary/aromatic N) is 1. The third-order valence-electron chi connectivity index (χ3n) is 3.64. The Bertz CT molecular complexity index is 818. The Morgan fingerprint density at radius 2 is 1.68 bits per heavy atom. The average molecular weight is 335 g/mol. The highest BCUT2D eigenvalue weighted by Gasteiger charge is 2.05. The number of hydrogen-bond donors (Lipinski definition) is 2. The molecule has 3 rings (SSSR count). The number of rotatable bonds is 6. The Labute approximate surface area is 145 Å². The predicted molar refractivity (Wildman–Crippen MR) is 96.7 cm³/mol. The molecule has 25 heavy (non-hydrogen) atoms. The average Bonchev–Trinajstić information content (AvgIpc) is 2.64. The molecule has 2 aromatic carbocycles. The monoisotopic (exact) mass is 335 g/mol. The predicted octanol–water partition coefficient (Wildman–Crippen LogP) is 4.01. The van der Waals surface area contributed by atoms with E-state index in [4.69, 9.17) is 0 Å². The molecule has 3 aromatic rings. The Morgan fingerprint density at radius 3 is 2.36 bits per heavy atom.